The van der Waals surface area contributed by atoms with Gasteiger partial charge in [0, 0.05) is 43.0 Å². The molecule has 0 unspecified atom stereocenters. The van der Waals surface area contributed by atoms with E-state index in [-0.39, 0.29) is 11.7 Å². The molecule has 1 amide bonds. The summed E-state index contributed by atoms with van der Waals surface area (Å²) in [7, 11) is 3.62. The van der Waals surface area contributed by atoms with Crippen molar-refractivity contribution in [3.63, 3.8) is 0 Å². The molecule has 0 aliphatic carbocycles. The molecule has 5 nitrogen and oxygen atoms in total. The molecule has 2 aromatic carbocycles. The van der Waals surface area contributed by atoms with E-state index in [0.29, 0.717) is 12.2 Å². The van der Waals surface area contributed by atoms with E-state index in [4.69, 9.17) is 9.15 Å². The van der Waals surface area contributed by atoms with E-state index < -0.39 is 0 Å². The van der Waals surface area contributed by atoms with Crippen molar-refractivity contribution in [1.29, 1.82) is 0 Å². The molecule has 0 aliphatic rings. The Labute approximate surface area is 147 Å². The number of furan rings is 1. The molecule has 3 aromatic rings. The number of carbonyl (C=O) groups excluding carboxylic acids is 1. The van der Waals surface area contributed by atoms with Crippen molar-refractivity contribution in [3.05, 3.63) is 59.9 Å². The lowest BCUT2D eigenvalue weighted by Gasteiger charge is -2.17. The molecule has 130 valence electrons. The molecular formula is C20H22N2O3. The first kappa shape index (κ1) is 17.0. The van der Waals surface area contributed by atoms with Gasteiger partial charge in [-0.25, -0.2) is 0 Å². The zero-order valence-electron chi connectivity index (χ0n) is 14.7. The summed E-state index contributed by atoms with van der Waals surface area (Å²) in [6.45, 7) is 3.29. The van der Waals surface area contributed by atoms with Crippen LogP contribution in [0.5, 0.6) is 0 Å². The molecule has 25 heavy (non-hydrogen) atoms. The Bertz CT molecular complexity index is 886. The summed E-state index contributed by atoms with van der Waals surface area (Å²) in [4.78, 5) is 14.9. The number of hydrogen-bond acceptors (Lipinski definition) is 4. The lowest BCUT2D eigenvalue weighted by atomic mass is 10.1. The van der Waals surface area contributed by atoms with Crippen molar-refractivity contribution in [2.75, 3.05) is 30.9 Å². The van der Waals surface area contributed by atoms with Gasteiger partial charge in [0.1, 0.15) is 5.58 Å². The number of amides is 1. The molecule has 0 spiro atoms. The van der Waals surface area contributed by atoms with Crippen LogP contribution in [0.25, 0.3) is 11.0 Å². The van der Waals surface area contributed by atoms with Gasteiger partial charge in [0.25, 0.3) is 5.91 Å². The van der Waals surface area contributed by atoms with Crippen LogP contribution >= 0.6 is 0 Å². The van der Waals surface area contributed by atoms with Gasteiger partial charge in [-0.2, -0.15) is 0 Å². The third-order valence-electron chi connectivity index (χ3n) is 4.21. The predicted octanol–water partition coefficient (Wildman–Crippen LogP) is 4.29. The summed E-state index contributed by atoms with van der Waals surface area (Å²) in [5, 5.41) is 3.82. The zero-order chi connectivity index (χ0) is 17.8. The van der Waals surface area contributed by atoms with E-state index in [0.717, 1.165) is 28.9 Å². The fourth-order valence-electron chi connectivity index (χ4n) is 2.76. The molecule has 0 bridgehead atoms. The Morgan fingerprint density at radius 2 is 2.00 bits per heavy atom. The Hall–Kier alpha value is -2.79. The van der Waals surface area contributed by atoms with E-state index in [2.05, 4.69) is 17.1 Å². The smallest absolute Gasteiger partial charge is 0.291 e. The highest BCUT2D eigenvalue weighted by molar-refractivity contribution is 6.06. The fraction of sp³-hybridized carbons (Fsp3) is 0.250. The van der Waals surface area contributed by atoms with Crippen molar-refractivity contribution in [3.8, 4) is 0 Å². The maximum absolute atomic E-state index is 12.8. The van der Waals surface area contributed by atoms with Gasteiger partial charge in [0.05, 0.1) is 6.61 Å². The lowest BCUT2D eigenvalue weighted by Crippen LogP contribution is -2.17. The molecule has 1 aromatic heterocycles. The monoisotopic (exact) mass is 338 g/mol. The summed E-state index contributed by atoms with van der Waals surface area (Å²) in [6.07, 6.45) is 0. The molecule has 0 saturated carbocycles. The minimum absolute atomic E-state index is 0.278. The van der Waals surface area contributed by atoms with Gasteiger partial charge in [0.15, 0.2) is 5.76 Å². The second kappa shape index (κ2) is 7.40. The zero-order valence-corrected chi connectivity index (χ0v) is 14.7. The number of carbonyl (C=O) groups is 1. The average Bonchev–Trinajstić information content (AvgIpc) is 3.00. The van der Waals surface area contributed by atoms with Crippen LogP contribution in [-0.4, -0.2) is 26.6 Å². The van der Waals surface area contributed by atoms with E-state index in [1.165, 1.54) is 0 Å². The number of hydrogen-bond donors (Lipinski definition) is 1. The van der Waals surface area contributed by atoms with Crippen LogP contribution in [0.2, 0.25) is 0 Å². The summed E-state index contributed by atoms with van der Waals surface area (Å²) in [5.74, 6) is 0.0110. The SMILES string of the molecule is CCN(C)c1cccc(NC(=O)c2oc3ccccc3c2COC)c1. The van der Waals surface area contributed by atoms with Gasteiger partial charge >= 0.3 is 0 Å². The van der Waals surface area contributed by atoms with Crippen LogP contribution in [-0.2, 0) is 11.3 Å². The van der Waals surface area contributed by atoms with Gasteiger partial charge in [-0.1, -0.05) is 24.3 Å². The third kappa shape index (κ3) is 3.51. The van der Waals surface area contributed by atoms with E-state index in [1.54, 1.807) is 7.11 Å². The average molecular weight is 338 g/mol. The van der Waals surface area contributed by atoms with E-state index in [9.17, 15) is 4.79 Å². The summed E-state index contributed by atoms with van der Waals surface area (Å²) in [5.41, 5.74) is 3.21. The van der Waals surface area contributed by atoms with Crippen molar-refractivity contribution >= 4 is 28.3 Å². The number of rotatable bonds is 6. The maximum atomic E-state index is 12.8. The third-order valence-corrected chi connectivity index (χ3v) is 4.21. The van der Waals surface area contributed by atoms with Gasteiger partial charge in [-0.15, -0.1) is 0 Å². The Morgan fingerprint density at radius 3 is 2.76 bits per heavy atom. The van der Waals surface area contributed by atoms with Crippen LogP contribution in [0, 0.1) is 0 Å². The highest BCUT2D eigenvalue weighted by Gasteiger charge is 2.20. The summed E-state index contributed by atoms with van der Waals surface area (Å²) < 4.78 is 11.0. The molecule has 0 aliphatic heterocycles. The minimum atomic E-state index is -0.278. The molecule has 0 atom stereocenters. The van der Waals surface area contributed by atoms with Gasteiger partial charge in [-0.3, -0.25) is 4.79 Å². The highest BCUT2D eigenvalue weighted by atomic mass is 16.5. The largest absolute Gasteiger partial charge is 0.451 e. The first-order valence-corrected chi connectivity index (χ1v) is 8.26. The van der Waals surface area contributed by atoms with Crippen molar-refractivity contribution in [2.45, 2.75) is 13.5 Å². The van der Waals surface area contributed by atoms with E-state index >= 15 is 0 Å². The van der Waals surface area contributed by atoms with E-state index in [1.807, 2.05) is 55.6 Å². The van der Waals surface area contributed by atoms with Gasteiger partial charge in [0.2, 0.25) is 0 Å². The highest BCUT2D eigenvalue weighted by Crippen LogP contribution is 2.27. The summed E-state index contributed by atoms with van der Waals surface area (Å²) in [6, 6.07) is 15.3. The molecular weight excluding hydrogens is 316 g/mol. The number of methoxy groups -OCH3 is 1. The Morgan fingerprint density at radius 1 is 1.20 bits per heavy atom. The maximum Gasteiger partial charge on any atom is 0.291 e. The lowest BCUT2D eigenvalue weighted by molar-refractivity contribution is 0.0992. The number of benzene rings is 2. The van der Waals surface area contributed by atoms with Crippen molar-refractivity contribution in [2.24, 2.45) is 0 Å². The second-order valence-corrected chi connectivity index (χ2v) is 5.86. The molecule has 1 N–H and O–H groups in total. The normalized spacial score (nSPS) is 10.8. The fourth-order valence-corrected chi connectivity index (χ4v) is 2.76. The molecule has 0 saturated heterocycles. The number of anilines is 2. The Balaban J connectivity index is 1.91. The van der Waals surface area contributed by atoms with Crippen LogP contribution in [0.4, 0.5) is 11.4 Å². The first-order chi connectivity index (χ1) is 12.1. The van der Waals surface area contributed by atoms with Crippen molar-refractivity contribution in [1.82, 2.24) is 0 Å². The van der Waals surface area contributed by atoms with Crippen molar-refractivity contribution < 1.29 is 13.9 Å². The summed E-state index contributed by atoms with van der Waals surface area (Å²) >= 11 is 0. The van der Waals surface area contributed by atoms with Crippen LogP contribution in [0.1, 0.15) is 23.0 Å². The van der Waals surface area contributed by atoms with Crippen LogP contribution < -0.4 is 10.2 Å². The molecule has 3 rings (SSSR count). The standard InChI is InChI=1S/C20H22N2O3/c1-4-22(2)15-9-7-8-14(12-15)21-20(23)19-17(13-24-3)16-10-5-6-11-18(16)25-19/h5-12H,4,13H2,1-3H3,(H,21,23). The molecule has 0 fully saturated rings. The number of nitrogens with one attached hydrogen (secondary N) is 1. The second-order valence-electron chi connectivity index (χ2n) is 5.86. The number of ether oxygens (including phenoxy) is 1. The number of para-hydroxylation sites is 1. The topological polar surface area (TPSA) is 54.7 Å². The number of nitrogens with zero attached hydrogens (tertiary/aromatic N) is 1. The molecule has 5 heteroatoms. The quantitative estimate of drug-likeness (QED) is 0.728. The van der Waals surface area contributed by atoms with Crippen LogP contribution in [0.15, 0.2) is 52.9 Å². The van der Waals surface area contributed by atoms with Gasteiger partial charge in [-0.05, 0) is 31.2 Å². The predicted molar refractivity (Wildman–Crippen MR) is 100 cm³/mol. The molecule has 1 heterocycles. The van der Waals surface area contributed by atoms with Crippen LogP contribution in [0.3, 0.4) is 0 Å². The first-order valence-electron chi connectivity index (χ1n) is 8.26. The van der Waals surface area contributed by atoms with Gasteiger partial charge < -0.3 is 19.4 Å². The Kier molecular flexibility index (Phi) is 5.05. The minimum Gasteiger partial charge on any atom is -0.451 e. The number of fused-ring (bicyclic) bond motifs is 1. The molecule has 0 radical (unpaired) electrons.